The van der Waals surface area contributed by atoms with Crippen LogP contribution in [0.15, 0.2) is 24.3 Å². The van der Waals surface area contributed by atoms with Gasteiger partial charge >= 0.3 is 0 Å². The fourth-order valence-electron chi connectivity index (χ4n) is 4.24. The molecule has 2 aromatic rings. The Hall–Kier alpha value is -2.70. The van der Waals surface area contributed by atoms with Crippen LogP contribution >= 0.6 is 0 Å². The van der Waals surface area contributed by atoms with E-state index in [4.69, 9.17) is 0 Å². The van der Waals surface area contributed by atoms with Gasteiger partial charge in [-0.1, -0.05) is 6.92 Å². The Morgan fingerprint density at radius 2 is 1.90 bits per heavy atom. The number of carbonyl (C=O) groups excluding carboxylic acids is 2. The molecule has 1 N–H and O–H groups in total. The minimum atomic E-state index is -0.393. The van der Waals surface area contributed by atoms with E-state index in [9.17, 15) is 14.0 Å². The summed E-state index contributed by atoms with van der Waals surface area (Å²) < 4.78 is 13.5. The standard InChI is InChI=1S/C22H27FN4O2/c1-14-7-10-26(11-8-14)22(29)20-4-3-9-27(20)21(28)19-13-18(24-25-19)16-5-6-17(23)15(2)12-16/h5-6,12-14,20H,3-4,7-11H2,1-2H3,(H,24,25)/t20-/m0/s1. The molecule has 2 aliphatic rings. The molecule has 154 valence electrons. The molecule has 0 unspecified atom stereocenters. The lowest BCUT2D eigenvalue weighted by atomic mass is 9.98. The number of aromatic nitrogens is 2. The Balaban J connectivity index is 1.49. The molecule has 0 bridgehead atoms. The average Bonchev–Trinajstić information content (AvgIpc) is 3.39. The normalized spacial score (nSPS) is 20.3. The summed E-state index contributed by atoms with van der Waals surface area (Å²) in [7, 11) is 0. The first-order valence-corrected chi connectivity index (χ1v) is 10.4. The maximum absolute atomic E-state index is 13.5. The summed E-state index contributed by atoms with van der Waals surface area (Å²) in [4.78, 5) is 29.7. The highest BCUT2D eigenvalue weighted by atomic mass is 19.1. The molecule has 3 heterocycles. The smallest absolute Gasteiger partial charge is 0.272 e. The average molecular weight is 398 g/mol. The fourth-order valence-corrected chi connectivity index (χ4v) is 4.24. The highest BCUT2D eigenvalue weighted by molar-refractivity contribution is 5.97. The molecule has 2 saturated heterocycles. The second-order valence-corrected chi connectivity index (χ2v) is 8.30. The highest BCUT2D eigenvalue weighted by Crippen LogP contribution is 2.26. The van der Waals surface area contributed by atoms with E-state index in [1.165, 1.54) is 6.07 Å². The zero-order chi connectivity index (χ0) is 20.5. The predicted molar refractivity (Wildman–Crippen MR) is 108 cm³/mol. The summed E-state index contributed by atoms with van der Waals surface area (Å²) in [5, 5.41) is 7.03. The van der Waals surface area contributed by atoms with Crippen LogP contribution in [0.3, 0.4) is 0 Å². The van der Waals surface area contributed by atoms with E-state index < -0.39 is 6.04 Å². The number of benzene rings is 1. The maximum atomic E-state index is 13.5. The quantitative estimate of drug-likeness (QED) is 0.862. The van der Waals surface area contributed by atoms with Crippen LogP contribution in [-0.4, -0.2) is 57.5 Å². The first-order chi connectivity index (χ1) is 13.9. The lowest BCUT2D eigenvalue weighted by Gasteiger charge is -2.34. The van der Waals surface area contributed by atoms with Crippen LogP contribution in [0.4, 0.5) is 4.39 Å². The van der Waals surface area contributed by atoms with Gasteiger partial charge < -0.3 is 9.80 Å². The van der Waals surface area contributed by atoms with Gasteiger partial charge in [0.05, 0.1) is 5.69 Å². The number of aryl methyl sites for hydroxylation is 1. The number of piperidine rings is 1. The lowest BCUT2D eigenvalue weighted by Crippen LogP contribution is -2.49. The third kappa shape index (κ3) is 3.91. The van der Waals surface area contributed by atoms with Crippen molar-refractivity contribution < 1.29 is 14.0 Å². The van der Waals surface area contributed by atoms with Crippen LogP contribution in [0.1, 0.15) is 48.7 Å². The molecule has 6 nitrogen and oxygen atoms in total. The van der Waals surface area contributed by atoms with Crippen molar-refractivity contribution in [3.8, 4) is 11.3 Å². The van der Waals surface area contributed by atoms with Gasteiger partial charge in [-0.05, 0) is 68.4 Å². The molecule has 2 aliphatic heterocycles. The Labute approximate surface area is 170 Å². The predicted octanol–water partition coefficient (Wildman–Crippen LogP) is 3.39. The zero-order valence-corrected chi connectivity index (χ0v) is 16.9. The Kier molecular flexibility index (Phi) is 5.39. The molecule has 4 rings (SSSR count). The molecule has 7 heteroatoms. The fraction of sp³-hybridized carbons (Fsp3) is 0.500. The second-order valence-electron chi connectivity index (χ2n) is 8.30. The van der Waals surface area contributed by atoms with Crippen molar-refractivity contribution in [2.45, 2.75) is 45.6 Å². The number of carbonyl (C=O) groups is 2. The van der Waals surface area contributed by atoms with Crippen LogP contribution in [0.5, 0.6) is 0 Å². The van der Waals surface area contributed by atoms with Crippen LogP contribution in [-0.2, 0) is 4.79 Å². The molecule has 0 saturated carbocycles. The van der Waals surface area contributed by atoms with E-state index in [1.54, 1.807) is 30.0 Å². The molecule has 2 fully saturated rings. The third-order valence-corrected chi connectivity index (χ3v) is 6.16. The van der Waals surface area contributed by atoms with Gasteiger partial charge in [0.15, 0.2) is 0 Å². The summed E-state index contributed by atoms with van der Waals surface area (Å²) in [5.41, 5.74) is 2.22. The topological polar surface area (TPSA) is 69.3 Å². The van der Waals surface area contributed by atoms with Crippen molar-refractivity contribution in [2.24, 2.45) is 5.92 Å². The number of aromatic amines is 1. The van der Waals surface area contributed by atoms with Crippen molar-refractivity contribution >= 4 is 11.8 Å². The van der Waals surface area contributed by atoms with Crippen LogP contribution in [0, 0.1) is 18.7 Å². The van der Waals surface area contributed by atoms with Gasteiger partial charge in [-0.25, -0.2) is 4.39 Å². The summed E-state index contributed by atoms with van der Waals surface area (Å²) >= 11 is 0. The number of nitrogens with one attached hydrogen (secondary N) is 1. The van der Waals surface area contributed by atoms with Gasteiger partial charge in [0.25, 0.3) is 5.91 Å². The van der Waals surface area contributed by atoms with E-state index in [1.807, 2.05) is 4.90 Å². The lowest BCUT2D eigenvalue weighted by molar-refractivity contribution is -0.136. The van der Waals surface area contributed by atoms with Crippen molar-refractivity contribution in [1.82, 2.24) is 20.0 Å². The van der Waals surface area contributed by atoms with Gasteiger partial charge in [0.1, 0.15) is 17.6 Å². The number of amides is 2. The number of likely N-dealkylation sites (tertiary alicyclic amines) is 2. The largest absolute Gasteiger partial charge is 0.341 e. The minimum absolute atomic E-state index is 0.0663. The number of rotatable bonds is 3. The van der Waals surface area contributed by atoms with Crippen LogP contribution < -0.4 is 0 Å². The second kappa shape index (κ2) is 7.97. The first-order valence-electron chi connectivity index (χ1n) is 10.4. The van der Waals surface area contributed by atoms with E-state index >= 15 is 0 Å². The summed E-state index contributed by atoms with van der Waals surface area (Å²) in [5.74, 6) is 0.241. The molecule has 1 atom stereocenters. The van der Waals surface area contributed by atoms with E-state index in [0.29, 0.717) is 35.8 Å². The number of nitrogens with zero attached hydrogens (tertiary/aromatic N) is 3. The number of hydrogen-bond acceptors (Lipinski definition) is 3. The summed E-state index contributed by atoms with van der Waals surface area (Å²) in [6.45, 7) is 6.03. The number of H-pyrrole nitrogens is 1. The molecule has 2 amide bonds. The SMILES string of the molecule is Cc1cc(-c2cc(C(=O)N3CCC[C@H]3C(=O)N3CCC(C)CC3)[nH]n2)ccc1F. The third-order valence-electron chi connectivity index (χ3n) is 6.16. The number of halogens is 1. The Morgan fingerprint density at radius 1 is 1.14 bits per heavy atom. The number of hydrogen-bond donors (Lipinski definition) is 1. The summed E-state index contributed by atoms with van der Waals surface area (Å²) in [6, 6.07) is 6.04. The maximum Gasteiger partial charge on any atom is 0.272 e. The van der Waals surface area contributed by atoms with Crippen molar-refractivity contribution in [3.63, 3.8) is 0 Å². The van der Waals surface area contributed by atoms with Gasteiger partial charge in [0.2, 0.25) is 5.91 Å². The monoisotopic (exact) mass is 398 g/mol. The van der Waals surface area contributed by atoms with Gasteiger partial charge in [-0.3, -0.25) is 14.7 Å². The van der Waals surface area contributed by atoms with Crippen molar-refractivity contribution in [1.29, 1.82) is 0 Å². The van der Waals surface area contributed by atoms with Gasteiger partial charge in [-0.15, -0.1) is 0 Å². The van der Waals surface area contributed by atoms with Crippen LogP contribution in [0.25, 0.3) is 11.3 Å². The van der Waals surface area contributed by atoms with E-state index in [-0.39, 0.29) is 17.6 Å². The van der Waals surface area contributed by atoms with E-state index in [0.717, 1.165) is 37.9 Å². The van der Waals surface area contributed by atoms with Gasteiger partial charge in [0, 0.05) is 25.2 Å². The van der Waals surface area contributed by atoms with Crippen molar-refractivity contribution in [2.75, 3.05) is 19.6 Å². The Bertz CT molecular complexity index is 917. The molecule has 1 aromatic carbocycles. The molecule has 29 heavy (non-hydrogen) atoms. The Morgan fingerprint density at radius 3 is 2.62 bits per heavy atom. The first kappa shape index (κ1) is 19.6. The zero-order valence-electron chi connectivity index (χ0n) is 16.9. The summed E-state index contributed by atoms with van der Waals surface area (Å²) in [6.07, 6.45) is 3.57. The van der Waals surface area contributed by atoms with E-state index in [2.05, 4.69) is 17.1 Å². The molecular weight excluding hydrogens is 371 g/mol. The minimum Gasteiger partial charge on any atom is -0.341 e. The molecular formula is C22H27FN4O2. The molecule has 0 aliphatic carbocycles. The van der Waals surface area contributed by atoms with Crippen molar-refractivity contribution in [3.05, 3.63) is 41.3 Å². The molecule has 0 spiro atoms. The molecule has 1 aromatic heterocycles. The molecule has 0 radical (unpaired) electrons. The van der Waals surface area contributed by atoms with Gasteiger partial charge in [-0.2, -0.15) is 5.10 Å². The highest BCUT2D eigenvalue weighted by Gasteiger charge is 2.38. The van der Waals surface area contributed by atoms with Crippen LogP contribution in [0.2, 0.25) is 0 Å².